The summed E-state index contributed by atoms with van der Waals surface area (Å²) in [5.41, 5.74) is 1.07. The molecule has 4 nitrogen and oxygen atoms in total. The van der Waals surface area contributed by atoms with E-state index in [0.29, 0.717) is 11.3 Å². The highest BCUT2D eigenvalue weighted by molar-refractivity contribution is 7.92. The molecule has 132 valence electrons. The maximum Gasteiger partial charge on any atom is 0.182 e. The standard InChI is InChI=1S/C19H27NO3S/c1-14-6-10-17(11-7-14)24(22,23)19-5-3-2-4-18(19)20-16-9-8-15(12-16)13-21/h6-11,15-16,18-21H,2-5,12-13H2,1H3/t15-,16+,18?,19?/m0/s1. The third-order valence-corrected chi connectivity index (χ3v) is 7.58. The minimum Gasteiger partial charge on any atom is -0.396 e. The minimum absolute atomic E-state index is 0.0165. The number of hydrogen-bond acceptors (Lipinski definition) is 4. The third-order valence-electron chi connectivity index (χ3n) is 5.29. The summed E-state index contributed by atoms with van der Waals surface area (Å²) in [6.45, 7) is 2.12. The second-order valence-electron chi connectivity index (χ2n) is 7.12. The molecular formula is C19H27NO3S. The van der Waals surface area contributed by atoms with Gasteiger partial charge < -0.3 is 10.4 Å². The highest BCUT2D eigenvalue weighted by Crippen LogP contribution is 2.30. The third kappa shape index (κ3) is 3.73. The normalized spacial score (nSPS) is 30.6. The van der Waals surface area contributed by atoms with Crippen LogP contribution in [0.15, 0.2) is 41.3 Å². The molecule has 5 heteroatoms. The van der Waals surface area contributed by atoms with Gasteiger partial charge in [-0.25, -0.2) is 8.42 Å². The molecule has 0 bridgehead atoms. The van der Waals surface area contributed by atoms with Crippen molar-refractivity contribution in [3.8, 4) is 0 Å². The van der Waals surface area contributed by atoms with E-state index in [1.165, 1.54) is 0 Å². The molecule has 2 aliphatic rings. The Morgan fingerprint density at radius 3 is 2.50 bits per heavy atom. The lowest BCUT2D eigenvalue weighted by Crippen LogP contribution is -2.49. The molecule has 0 aliphatic heterocycles. The second-order valence-corrected chi connectivity index (χ2v) is 9.29. The van der Waals surface area contributed by atoms with E-state index in [4.69, 9.17) is 0 Å². The van der Waals surface area contributed by atoms with Crippen molar-refractivity contribution in [2.24, 2.45) is 5.92 Å². The predicted molar refractivity (Wildman–Crippen MR) is 95.7 cm³/mol. The van der Waals surface area contributed by atoms with Crippen molar-refractivity contribution in [3.05, 3.63) is 42.0 Å². The van der Waals surface area contributed by atoms with Crippen LogP contribution in [0.5, 0.6) is 0 Å². The van der Waals surface area contributed by atoms with E-state index in [0.717, 1.165) is 31.2 Å². The van der Waals surface area contributed by atoms with Crippen LogP contribution in [-0.2, 0) is 9.84 Å². The first-order valence-corrected chi connectivity index (χ1v) is 10.4. The average molecular weight is 349 g/mol. The Balaban J connectivity index is 1.76. The molecule has 2 aliphatic carbocycles. The Bertz CT molecular complexity index is 681. The first kappa shape index (κ1) is 17.6. The van der Waals surface area contributed by atoms with Crippen LogP contribution in [0, 0.1) is 12.8 Å². The van der Waals surface area contributed by atoms with Crippen molar-refractivity contribution in [2.75, 3.05) is 6.61 Å². The van der Waals surface area contributed by atoms with Crippen LogP contribution in [0.25, 0.3) is 0 Å². The summed E-state index contributed by atoms with van der Waals surface area (Å²) in [6, 6.07) is 7.34. The average Bonchev–Trinajstić information content (AvgIpc) is 3.03. The van der Waals surface area contributed by atoms with Crippen LogP contribution in [-0.4, -0.2) is 37.5 Å². The number of sulfone groups is 1. The minimum atomic E-state index is -3.32. The molecule has 1 aromatic rings. The van der Waals surface area contributed by atoms with E-state index in [-0.39, 0.29) is 29.9 Å². The smallest absolute Gasteiger partial charge is 0.182 e. The fourth-order valence-electron chi connectivity index (χ4n) is 3.87. The van der Waals surface area contributed by atoms with Gasteiger partial charge in [-0.3, -0.25) is 0 Å². The van der Waals surface area contributed by atoms with Gasteiger partial charge in [0.1, 0.15) is 0 Å². The van der Waals surface area contributed by atoms with E-state index in [2.05, 4.69) is 11.4 Å². The van der Waals surface area contributed by atoms with Gasteiger partial charge in [0.05, 0.1) is 10.1 Å². The first-order valence-electron chi connectivity index (χ1n) is 8.86. The summed E-state index contributed by atoms with van der Waals surface area (Å²) in [6.07, 6.45) is 8.60. The van der Waals surface area contributed by atoms with Gasteiger partial charge in [0.15, 0.2) is 9.84 Å². The number of aliphatic hydroxyl groups is 1. The summed E-state index contributed by atoms with van der Waals surface area (Å²) in [7, 11) is -3.32. The van der Waals surface area contributed by atoms with Crippen LogP contribution in [0.3, 0.4) is 0 Å². The van der Waals surface area contributed by atoms with E-state index in [1.807, 2.05) is 25.1 Å². The second kappa shape index (κ2) is 7.38. The Morgan fingerprint density at radius 2 is 1.83 bits per heavy atom. The molecule has 0 amide bonds. The molecule has 2 N–H and O–H groups in total. The molecule has 0 radical (unpaired) electrons. The molecule has 0 heterocycles. The number of aliphatic hydroxyl groups excluding tert-OH is 1. The molecule has 3 rings (SSSR count). The fourth-order valence-corrected chi connectivity index (χ4v) is 5.86. The van der Waals surface area contributed by atoms with Crippen molar-refractivity contribution < 1.29 is 13.5 Å². The zero-order valence-electron chi connectivity index (χ0n) is 14.2. The summed E-state index contributed by atoms with van der Waals surface area (Å²) < 4.78 is 26.2. The van der Waals surface area contributed by atoms with Crippen LogP contribution >= 0.6 is 0 Å². The monoisotopic (exact) mass is 349 g/mol. The molecule has 4 atom stereocenters. The Hall–Kier alpha value is -1.17. The number of nitrogens with one attached hydrogen (secondary N) is 1. The predicted octanol–water partition coefficient (Wildman–Crippen LogP) is 2.61. The van der Waals surface area contributed by atoms with E-state index < -0.39 is 9.84 Å². The number of aryl methyl sites for hydroxylation is 1. The van der Waals surface area contributed by atoms with Gasteiger partial charge in [-0.05, 0) is 38.3 Å². The van der Waals surface area contributed by atoms with Crippen LogP contribution in [0.2, 0.25) is 0 Å². The van der Waals surface area contributed by atoms with Crippen molar-refractivity contribution in [2.45, 2.75) is 61.3 Å². The molecular weight excluding hydrogens is 322 g/mol. The topological polar surface area (TPSA) is 66.4 Å². The lowest BCUT2D eigenvalue weighted by atomic mass is 9.94. The Kier molecular flexibility index (Phi) is 5.42. The number of hydrogen-bond donors (Lipinski definition) is 2. The van der Waals surface area contributed by atoms with Gasteiger partial charge in [-0.1, -0.05) is 42.7 Å². The van der Waals surface area contributed by atoms with Crippen LogP contribution < -0.4 is 5.32 Å². The van der Waals surface area contributed by atoms with Gasteiger partial charge in [0, 0.05) is 24.6 Å². The van der Waals surface area contributed by atoms with Crippen molar-refractivity contribution >= 4 is 9.84 Å². The van der Waals surface area contributed by atoms with Crippen molar-refractivity contribution in [3.63, 3.8) is 0 Å². The Labute approximate surface area is 144 Å². The number of rotatable bonds is 5. The van der Waals surface area contributed by atoms with Crippen molar-refractivity contribution in [1.82, 2.24) is 5.32 Å². The largest absolute Gasteiger partial charge is 0.396 e. The van der Waals surface area contributed by atoms with Crippen LogP contribution in [0.4, 0.5) is 0 Å². The fraction of sp³-hybridized carbons (Fsp3) is 0.579. The first-order chi connectivity index (χ1) is 11.5. The molecule has 0 spiro atoms. The maximum atomic E-state index is 13.1. The molecule has 0 saturated heterocycles. The molecule has 24 heavy (non-hydrogen) atoms. The lowest BCUT2D eigenvalue weighted by molar-refractivity contribution is 0.242. The summed E-state index contributed by atoms with van der Waals surface area (Å²) >= 11 is 0. The summed E-state index contributed by atoms with van der Waals surface area (Å²) in [5, 5.41) is 12.4. The van der Waals surface area contributed by atoms with Gasteiger partial charge in [0.2, 0.25) is 0 Å². The van der Waals surface area contributed by atoms with Crippen LogP contribution in [0.1, 0.15) is 37.7 Å². The van der Waals surface area contributed by atoms with Gasteiger partial charge in [0.25, 0.3) is 0 Å². The van der Waals surface area contributed by atoms with Gasteiger partial charge in [-0.2, -0.15) is 0 Å². The number of benzene rings is 1. The molecule has 1 saturated carbocycles. The summed E-state index contributed by atoms with van der Waals surface area (Å²) in [4.78, 5) is 0.432. The molecule has 1 aromatic carbocycles. The summed E-state index contributed by atoms with van der Waals surface area (Å²) in [5.74, 6) is 0.193. The zero-order valence-corrected chi connectivity index (χ0v) is 15.0. The van der Waals surface area contributed by atoms with E-state index in [9.17, 15) is 13.5 Å². The van der Waals surface area contributed by atoms with E-state index >= 15 is 0 Å². The van der Waals surface area contributed by atoms with Crippen molar-refractivity contribution in [1.29, 1.82) is 0 Å². The van der Waals surface area contributed by atoms with E-state index in [1.54, 1.807) is 12.1 Å². The quantitative estimate of drug-likeness (QED) is 0.802. The molecule has 0 aromatic heterocycles. The highest BCUT2D eigenvalue weighted by atomic mass is 32.2. The zero-order chi connectivity index (χ0) is 17.2. The lowest BCUT2D eigenvalue weighted by Gasteiger charge is -2.34. The highest BCUT2D eigenvalue weighted by Gasteiger charge is 2.37. The molecule has 1 fully saturated rings. The van der Waals surface area contributed by atoms with Gasteiger partial charge >= 0.3 is 0 Å². The SMILES string of the molecule is Cc1ccc(S(=O)(=O)C2CCCCC2N[C@@H]2C=C[C@H](CO)C2)cc1. The molecule has 2 unspecified atom stereocenters. The maximum absolute atomic E-state index is 13.1. The Morgan fingerprint density at radius 1 is 1.12 bits per heavy atom. The van der Waals surface area contributed by atoms with Gasteiger partial charge in [-0.15, -0.1) is 0 Å².